The maximum absolute atomic E-state index is 12.0. The Labute approximate surface area is 131 Å². The second-order valence-electron chi connectivity index (χ2n) is 5.27. The molecule has 0 aliphatic heterocycles. The van der Waals surface area contributed by atoms with Gasteiger partial charge in [0.15, 0.2) is 0 Å². The summed E-state index contributed by atoms with van der Waals surface area (Å²) in [7, 11) is 0. The first kappa shape index (κ1) is 17.8. The summed E-state index contributed by atoms with van der Waals surface area (Å²) in [4.78, 5) is 22.4. The first-order valence-corrected chi connectivity index (χ1v) is 7.64. The normalized spacial score (nSPS) is 11.2. The van der Waals surface area contributed by atoms with Crippen LogP contribution in [-0.2, 0) is 4.79 Å². The van der Waals surface area contributed by atoms with Gasteiger partial charge in [-0.3, -0.25) is 9.59 Å². The molecule has 1 rings (SSSR count). The van der Waals surface area contributed by atoms with E-state index < -0.39 is 5.97 Å². The number of amides is 1. The van der Waals surface area contributed by atoms with Crippen LogP contribution in [0.2, 0.25) is 0 Å². The minimum absolute atomic E-state index is 0.0838. The molecule has 0 bridgehead atoms. The Hall–Kier alpha value is -2.28. The molecule has 1 amide bonds. The molecular formula is C18H23NO3. The summed E-state index contributed by atoms with van der Waals surface area (Å²) in [6.07, 6.45) is 3.15. The second-order valence-corrected chi connectivity index (χ2v) is 5.27. The van der Waals surface area contributed by atoms with Gasteiger partial charge in [0.05, 0.1) is 0 Å². The SMILES string of the molecule is CCC(C)NC(=O)c1cccc(C#CCCCCC(=O)O)c1. The van der Waals surface area contributed by atoms with Crippen LogP contribution in [0.15, 0.2) is 24.3 Å². The third-order valence-electron chi connectivity index (χ3n) is 3.29. The standard InChI is InChI=1S/C18H23NO3/c1-3-14(2)19-18(22)16-11-8-10-15(13-16)9-6-4-5-7-12-17(20)21/h8,10-11,13-14H,3-5,7,12H2,1-2H3,(H,19,22)(H,20,21). The van der Waals surface area contributed by atoms with Crippen molar-refractivity contribution < 1.29 is 14.7 Å². The van der Waals surface area contributed by atoms with E-state index in [-0.39, 0.29) is 18.4 Å². The number of hydrogen-bond donors (Lipinski definition) is 2. The van der Waals surface area contributed by atoms with Gasteiger partial charge in [-0.2, -0.15) is 0 Å². The van der Waals surface area contributed by atoms with Crippen LogP contribution >= 0.6 is 0 Å². The predicted molar refractivity (Wildman–Crippen MR) is 86.6 cm³/mol. The first-order chi connectivity index (χ1) is 10.5. The fourth-order valence-electron chi connectivity index (χ4n) is 1.80. The van der Waals surface area contributed by atoms with Crippen LogP contribution in [0.5, 0.6) is 0 Å². The minimum Gasteiger partial charge on any atom is -0.481 e. The summed E-state index contributed by atoms with van der Waals surface area (Å²) < 4.78 is 0. The molecule has 1 atom stereocenters. The Bertz CT molecular complexity index is 569. The monoisotopic (exact) mass is 301 g/mol. The molecule has 0 fully saturated rings. The molecular weight excluding hydrogens is 278 g/mol. The lowest BCUT2D eigenvalue weighted by molar-refractivity contribution is -0.137. The van der Waals surface area contributed by atoms with Crippen LogP contribution in [0.1, 0.15) is 61.9 Å². The number of aliphatic carboxylic acids is 1. The summed E-state index contributed by atoms with van der Waals surface area (Å²) in [5.41, 5.74) is 1.41. The van der Waals surface area contributed by atoms with Gasteiger partial charge in [-0.15, -0.1) is 0 Å². The van der Waals surface area contributed by atoms with Crippen molar-refractivity contribution in [2.75, 3.05) is 0 Å². The van der Waals surface area contributed by atoms with Crippen molar-refractivity contribution in [3.05, 3.63) is 35.4 Å². The molecule has 22 heavy (non-hydrogen) atoms. The van der Waals surface area contributed by atoms with Crippen LogP contribution in [0.4, 0.5) is 0 Å². The molecule has 0 saturated heterocycles. The summed E-state index contributed by atoms with van der Waals surface area (Å²) in [6.45, 7) is 4.00. The fourth-order valence-corrected chi connectivity index (χ4v) is 1.80. The van der Waals surface area contributed by atoms with Gasteiger partial charge in [-0.05, 0) is 44.4 Å². The average Bonchev–Trinajstić information content (AvgIpc) is 2.50. The minimum atomic E-state index is -0.770. The van der Waals surface area contributed by atoms with Crippen molar-refractivity contribution in [1.82, 2.24) is 5.32 Å². The number of carboxylic acid groups (broad SMARTS) is 1. The van der Waals surface area contributed by atoms with E-state index in [2.05, 4.69) is 17.2 Å². The van der Waals surface area contributed by atoms with E-state index in [0.717, 1.165) is 18.4 Å². The Balaban J connectivity index is 2.54. The zero-order valence-corrected chi connectivity index (χ0v) is 13.2. The summed E-state index contributed by atoms with van der Waals surface area (Å²) >= 11 is 0. The van der Waals surface area contributed by atoms with Crippen LogP contribution < -0.4 is 5.32 Å². The Morgan fingerprint density at radius 2 is 2.09 bits per heavy atom. The van der Waals surface area contributed by atoms with Crippen molar-refractivity contribution in [2.24, 2.45) is 0 Å². The van der Waals surface area contributed by atoms with Gasteiger partial charge in [-0.1, -0.05) is 24.8 Å². The zero-order valence-electron chi connectivity index (χ0n) is 13.2. The number of carbonyl (C=O) groups excluding carboxylic acids is 1. The molecule has 0 aliphatic carbocycles. The van der Waals surface area contributed by atoms with Crippen molar-refractivity contribution >= 4 is 11.9 Å². The smallest absolute Gasteiger partial charge is 0.303 e. The lowest BCUT2D eigenvalue weighted by atomic mass is 10.1. The molecule has 0 saturated carbocycles. The number of unbranched alkanes of at least 4 members (excludes halogenated alkanes) is 2. The molecule has 0 heterocycles. The van der Waals surface area contributed by atoms with Gasteiger partial charge in [0, 0.05) is 30.0 Å². The molecule has 118 valence electrons. The number of carboxylic acids is 1. The zero-order chi connectivity index (χ0) is 16.4. The predicted octanol–water partition coefficient (Wildman–Crippen LogP) is 3.21. The van der Waals surface area contributed by atoms with E-state index in [0.29, 0.717) is 18.4 Å². The molecule has 1 aromatic carbocycles. The molecule has 4 nitrogen and oxygen atoms in total. The number of benzene rings is 1. The average molecular weight is 301 g/mol. The summed E-state index contributed by atoms with van der Waals surface area (Å²) in [5, 5.41) is 11.5. The van der Waals surface area contributed by atoms with E-state index in [1.54, 1.807) is 12.1 Å². The van der Waals surface area contributed by atoms with Crippen molar-refractivity contribution in [1.29, 1.82) is 0 Å². The highest BCUT2D eigenvalue weighted by Gasteiger charge is 2.08. The Morgan fingerprint density at radius 1 is 1.32 bits per heavy atom. The van der Waals surface area contributed by atoms with Gasteiger partial charge in [-0.25, -0.2) is 0 Å². The molecule has 2 N–H and O–H groups in total. The molecule has 0 spiro atoms. The van der Waals surface area contributed by atoms with Crippen molar-refractivity contribution in [2.45, 2.75) is 52.0 Å². The van der Waals surface area contributed by atoms with Gasteiger partial charge >= 0.3 is 5.97 Å². The largest absolute Gasteiger partial charge is 0.481 e. The molecule has 4 heteroatoms. The topological polar surface area (TPSA) is 66.4 Å². The maximum Gasteiger partial charge on any atom is 0.303 e. The third-order valence-corrected chi connectivity index (χ3v) is 3.29. The number of rotatable bonds is 7. The van der Waals surface area contributed by atoms with E-state index in [4.69, 9.17) is 5.11 Å². The summed E-state index contributed by atoms with van der Waals surface area (Å²) in [6, 6.07) is 7.39. The highest BCUT2D eigenvalue weighted by Crippen LogP contribution is 2.06. The van der Waals surface area contributed by atoms with Gasteiger partial charge in [0.2, 0.25) is 0 Å². The molecule has 0 aliphatic rings. The van der Waals surface area contributed by atoms with Crippen LogP contribution in [0.25, 0.3) is 0 Å². The van der Waals surface area contributed by atoms with E-state index in [1.807, 2.05) is 26.0 Å². The third kappa shape index (κ3) is 6.94. The van der Waals surface area contributed by atoms with E-state index in [1.165, 1.54) is 0 Å². The molecule has 1 aromatic rings. The molecule has 1 unspecified atom stereocenters. The van der Waals surface area contributed by atoms with Gasteiger partial charge in [0.25, 0.3) is 5.91 Å². The first-order valence-electron chi connectivity index (χ1n) is 7.64. The Morgan fingerprint density at radius 3 is 2.77 bits per heavy atom. The van der Waals surface area contributed by atoms with Crippen LogP contribution in [0, 0.1) is 11.8 Å². The van der Waals surface area contributed by atoms with Gasteiger partial charge < -0.3 is 10.4 Å². The second kappa shape index (κ2) is 9.62. The quantitative estimate of drug-likeness (QED) is 0.600. The maximum atomic E-state index is 12.0. The Kier molecular flexibility index (Phi) is 7.77. The van der Waals surface area contributed by atoms with E-state index in [9.17, 15) is 9.59 Å². The van der Waals surface area contributed by atoms with Crippen LogP contribution in [-0.4, -0.2) is 23.0 Å². The van der Waals surface area contributed by atoms with E-state index >= 15 is 0 Å². The van der Waals surface area contributed by atoms with Crippen molar-refractivity contribution in [3.63, 3.8) is 0 Å². The molecule has 0 radical (unpaired) electrons. The summed E-state index contributed by atoms with van der Waals surface area (Å²) in [5.74, 6) is 5.18. The van der Waals surface area contributed by atoms with Crippen LogP contribution in [0.3, 0.4) is 0 Å². The lowest BCUT2D eigenvalue weighted by Gasteiger charge is -2.11. The highest BCUT2D eigenvalue weighted by atomic mass is 16.4. The lowest BCUT2D eigenvalue weighted by Crippen LogP contribution is -2.31. The number of hydrogen-bond acceptors (Lipinski definition) is 2. The molecule has 0 aromatic heterocycles. The number of carbonyl (C=O) groups is 2. The number of nitrogens with one attached hydrogen (secondary N) is 1. The fraction of sp³-hybridized carbons (Fsp3) is 0.444. The van der Waals surface area contributed by atoms with Crippen molar-refractivity contribution in [3.8, 4) is 11.8 Å². The highest BCUT2D eigenvalue weighted by molar-refractivity contribution is 5.94. The van der Waals surface area contributed by atoms with Gasteiger partial charge in [0.1, 0.15) is 0 Å².